The van der Waals surface area contributed by atoms with Gasteiger partial charge in [0.05, 0.1) is 16.9 Å². The third-order valence-electron chi connectivity index (χ3n) is 1.80. The molecule has 1 heterocycles. The summed E-state index contributed by atoms with van der Waals surface area (Å²) >= 11 is 0. The van der Waals surface area contributed by atoms with Gasteiger partial charge in [-0.25, -0.2) is 18.6 Å². The van der Waals surface area contributed by atoms with E-state index in [1.54, 1.807) is 0 Å². The van der Waals surface area contributed by atoms with Crippen LogP contribution in [0.3, 0.4) is 0 Å². The zero-order valence-electron chi connectivity index (χ0n) is 7.58. The Morgan fingerprint density at radius 3 is 2.60 bits per heavy atom. The molecule has 15 heavy (non-hydrogen) atoms. The van der Waals surface area contributed by atoms with Crippen molar-refractivity contribution in [3.8, 4) is 0 Å². The molecule has 0 unspecified atom stereocenters. The summed E-state index contributed by atoms with van der Waals surface area (Å²) in [6.07, 6.45) is -2.93. The van der Waals surface area contributed by atoms with E-state index in [0.717, 1.165) is 6.07 Å². The van der Waals surface area contributed by atoms with Gasteiger partial charge in [-0.15, -0.1) is 0 Å². The molecule has 0 bridgehead atoms. The molecule has 0 aromatic carbocycles. The van der Waals surface area contributed by atoms with Crippen LogP contribution in [0.1, 0.15) is 28.2 Å². The van der Waals surface area contributed by atoms with Crippen LogP contribution in [0.2, 0.25) is 0 Å². The Morgan fingerprint density at radius 2 is 2.20 bits per heavy atom. The quantitative estimate of drug-likeness (QED) is 0.693. The fourth-order valence-electron chi connectivity index (χ4n) is 1.08. The van der Waals surface area contributed by atoms with Crippen molar-refractivity contribution in [3.05, 3.63) is 23.0 Å². The topological polar surface area (TPSA) is 102 Å². The molecule has 0 saturated heterocycles. The summed E-state index contributed by atoms with van der Waals surface area (Å²) in [5.74, 6) is -1.53. The molecule has 1 rings (SSSR count). The molecule has 5 N–H and O–H groups in total. The van der Waals surface area contributed by atoms with Gasteiger partial charge in [-0.3, -0.25) is 0 Å². The van der Waals surface area contributed by atoms with Crippen molar-refractivity contribution in [3.63, 3.8) is 0 Å². The van der Waals surface area contributed by atoms with E-state index in [-0.39, 0.29) is 17.9 Å². The van der Waals surface area contributed by atoms with Crippen molar-refractivity contribution in [2.75, 3.05) is 5.73 Å². The van der Waals surface area contributed by atoms with E-state index in [1.807, 2.05) is 0 Å². The van der Waals surface area contributed by atoms with Crippen LogP contribution in [0.25, 0.3) is 0 Å². The molecule has 7 heteroatoms. The zero-order valence-corrected chi connectivity index (χ0v) is 7.58. The first-order valence-corrected chi connectivity index (χ1v) is 3.98. The number of halogens is 2. The van der Waals surface area contributed by atoms with Crippen LogP contribution in [-0.2, 0) is 6.54 Å². The van der Waals surface area contributed by atoms with Crippen LogP contribution in [-0.4, -0.2) is 16.1 Å². The first kappa shape index (κ1) is 11.3. The predicted octanol–water partition coefficient (Wildman–Crippen LogP) is 0.758. The van der Waals surface area contributed by atoms with E-state index in [4.69, 9.17) is 16.6 Å². The van der Waals surface area contributed by atoms with Gasteiger partial charge in [-0.2, -0.15) is 0 Å². The molecule has 0 spiro atoms. The van der Waals surface area contributed by atoms with Gasteiger partial charge in [0.2, 0.25) is 0 Å². The summed E-state index contributed by atoms with van der Waals surface area (Å²) in [5, 5.41) is 8.65. The Balaban J connectivity index is 3.39. The van der Waals surface area contributed by atoms with Gasteiger partial charge in [0.15, 0.2) is 5.69 Å². The average Bonchev–Trinajstić information content (AvgIpc) is 2.16. The molecule has 0 aliphatic heterocycles. The maximum absolute atomic E-state index is 12.4. The number of anilines is 1. The third kappa shape index (κ3) is 2.18. The van der Waals surface area contributed by atoms with Gasteiger partial charge in [-0.05, 0) is 6.07 Å². The highest BCUT2D eigenvalue weighted by molar-refractivity contribution is 5.87. The second kappa shape index (κ2) is 4.18. The van der Waals surface area contributed by atoms with Crippen LogP contribution in [0, 0.1) is 0 Å². The van der Waals surface area contributed by atoms with Crippen LogP contribution < -0.4 is 11.5 Å². The summed E-state index contributed by atoms with van der Waals surface area (Å²) in [6.45, 7) is -0.102. The fourth-order valence-corrected chi connectivity index (χ4v) is 1.08. The SMILES string of the molecule is NCc1nc(C(=O)O)c(C(F)F)cc1N. The predicted molar refractivity (Wildman–Crippen MR) is 48.5 cm³/mol. The van der Waals surface area contributed by atoms with Crippen molar-refractivity contribution in [1.29, 1.82) is 0 Å². The second-order valence-electron chi connectivity index (χ2n) is 2.77. The van der Waals surface area contributed by atoms with Crippen molar-refractivity contribution in [2.45, 2.75) is 13.0 Å². The number of nitrogens with zero attached hydrogens (tertiary/aromatic N) is 1. The number of aromatic nitrogens is 1. The molecule has 0 saturated carbocycles. The number of nitrogens with two attached hydrogens (primary N) is 2. The number of pyridine rings is 1. The highest BCUT2D eigenvalue weighted by Crippen LogP contribution is 2.25. The van der Waals surface area contributed by atoms with E-state index in [1.165, 1.54) is 0 Å². The van der Waals surface area contributed by atoms with E-state index in [2.05, 4.69) is 4.98 Å². The maximum atomic E-state index is 12.4. The summed E-state index contributed by atoms with van der Waals surface area (Å²) in [7, 11) is 0. The Bertz CT molecular complexity index is 396. The van der Waals surface area contributed by atoms with Gasteiger partial charge in [0, 0.05) is 6.54 Å². The molecule has 0 radical (unpaired) electrons. The fraction of sp³-hybridized carbons (Fsp3) is 0.250. The lowest BCUT2D eigenvalue weighted by molar-refractivity contribution is 0.0677. The summed E-state index contributed by atoms with van der Waals surface area (Å²) in [4.78, 5) is 14.1. The largest absolute Gasteiger partial charge is 0.476 e. The van der Waals surface area contributed by atoms with E-state index < -0.39 is 23.7 Å². The number of carboxylic acids is 1. The van der Waals surface area contributed by atoms with E-state index in [9.17, 15) is 13.6 Å². The average molecular weight is 217 g/mol. The molecule has 1 aromatic heterocycles. The van der Waals surface area contributed by atoms with Crippen molar-refractivity contribution in [1.82, 2.24) is 4.98 Å². The van der Waals surface area contributed by atoms with E-state index >= 15 is 0 Å². The van der Waals surface area contributed by atoms with E-state index in [0.29, 0.717) is 0 Å². The first-order chi connectivity index (χ1) is 6.97. The first-order valence-electron chi connectivity index (χ1n) is 3.98. The van der Waals surface area contributed by atoms with Gasteiger partial charge in [-0.1, -0.05) is 0 Å². The number of carbonyl (C=O) groups is 1. The number of hydrogen-bond donors (Lipinski definition) is 3. The van der Waals surface area contributed by atoms with Crippen molar-refractivity contribution in [2.24, 2.45) is 5.73 Å². The summed E-state index contributed by atoms with van der Waals surface area (Å²) in [6, 6.07) is 0.892. The molecule has 82 valence electrons. The number of rotatable bonds is 3. The van der Waals surface area contributed by atoms with Crippen LogP contribution in [0.15, 0.2) is 6.07 Å². The lowest BCUT2D eigenvalue weighted by atomic mass is 10.1. The highest BCUT2D eigenvalue weighted by atomic mass is 19.3. The number of hydrogen-bond acceptors (Lipinski definition) is 4. The minimum Gasteiger partial charge on any atom is -0.476 e. The van der Waals surface area contributed by atoms with Crippen LogP contribution in [0.5, 0.6) is 0 Å². The Morgan fingerprint density at radius 1 is 1.60 bits per heavy atom. The minimum absolute atomic E-state index is 0.0298. The van der Waals surface area contributed by atoms with Gasteiger partial charge in [0.25, 0.3) is 6.43 Å². The van der Waals surface area contributed by atoms with Gasteiger partial charge in [0.1, 0.15) is 0 Å². The van der Waals surface area contributed by atoms with Crippen LogP contribution in [0.4, 0.5) is 14.5 Å². The molecule has 0 fully saturated rings. The Labute approximate surface area is 83.7 Å². The lowest BCUT2D eigenvalue weighted by Gasteiger charge is -2.08. The van der Waals surface area contributed by atoms with Gasteiger partial charge >= 0.3 is 5.97 Å². The lowest BCUT2D eigenvalue weighted by Crippen LogP contribution is -2.13. The standard InChI is InChI=1S/C8H9F2N3O2/c9-7(10)3-1-4(12)5(2-11)13-6(3)8(14)15/h1,7H,2,11-12H2,(H,14,15). The molecule has 0 amide bonds. The monoisotopic (exact) mass is 217 g/mol. The summed E-state index contributed by atoms with van der Waals surface area (Å²) in [5.41, 5.74) is 9.25. The third-order valence-corrected chi connectivity index (χ3v) is 1.80. The van der Waals surface area contributed by atoms with Gasteiger partial charge < -0.3 is 16.6 Å². The summed E-state index contributed by atoms with van der Waals surface area (Å²) < 4.78 is 24.8. The second-order valence-corrected chi connectivity index (χ2v) is 2.77. The highest BCUT2D eigenvalue weighted by Gasteiger charge is 2.21. The Kier molecular flexibility index (Phi) is 3.15. The molecular formula is C8H9F2N3O2. The molecular weight excluding hydrogens is 208 g/mol. The molecule has 0 atom stereocenters. The van der Waals surface area contributed by atoms with Crippen molar-refractivity contribution >= 4 is 11.7 Å². The van der Waals surface area contributed by atoms with Crippen LogP contribution >= 0.6 is 0 Å². The molecule has 0 aliphatic rings. The number of carboxylic acid groups (broad SMARTS) is 1. The zero-order chi connectivity index (χ0) is 11.6. The number of alkyl halides is 2. The molecule has 1 aromatic rings. The number of aromatic carboxylic acids is 1. The number of nitrogen functional groups attached to an aromatic ring is 1. The van der Waals surface area contributed by atoms with Crippen molar-refractivity contribution < 1.29 is 18.7 Å². The molecule has 0 aliphatic carbocycles. The molecule has 5 nitrogen and oxygen atoms in total. The Hall–Kier alpha value is -1.76. The maximum Gasteiger partial charge on any atom is 0.355 e. The normalized spacial score (nSPS) is 10.7. The minimum atomic E-state index is -2.93. The smallest absolute Gasteiger partial charge is 0.355 e.